The number of hydrogen-bond acceptors (Lipinski definition) is 1. The second-order valence-electron chi connectivity index (χ2n) is 13.0. The molecule has 0 aliphatic carbocycles. The number of nitrogens with zero attached hydrogens (tertiary/aromatic N) is 3. The normalized spacial score (nSPS) is 13.0. The second kappa shape index (κ2) is 12.3. The summed E-state index contributed by atoms with van der Waals surface area (Å²) in [5.41, 5.74) is -7.27. The van der Waals surface area contributed by atoms with Gasteiger partial charge in [-0.2, -0.15) is 57.9 Å². The van der Waals surface area contributed by atoms with Crippen molar-refractivity contribution in [1.82, 2.24) is 9.13 Å². The quantitative estimate of drug-likeness (QED) is 0.164. The zero-order valence-corrected chi connectivity index (χ0v) is 27.8. The topological polar surface area (TPSA) is 33.6 Å². The van der Waals surface area contributed by atoms with Crippen LogP contribution in [-0.2, 0) is 24.7 Å². The standard InChI is InChI=1S/C41H19F12N3/c42-38(43,44)23-9-11-29-27-5-1-3-7-32(27)55(36(29)18-23)34-15-22(21-13-25(40(48,49)50)17-26(14-21)41(51,52)53)16-35(31(34)20-54)56-33-8-4-2-6-28(33)30-12-10-24(19-37(30)56)39(45,46)47/h1-19H. The Kier molecular flexibility index (Phi) is 8.02. The molecule has 15 heteroatoms. The van der Waals surface area contributed by atoms with Gasteiger partial charge in [0.15, 0.2) is 0 Å². The monoisotopic (exact) mass is 781 g/mol. The summed E-state index contributed by atoms with van der Waals surface area (Å²) in [6.07, 6.45) is -20.2. The smallest absolute Gasteiger partial charge is 0.308 e. The van der Waals surface area contributed by atoms with E-state index in [0.29, 0.717) is 22.9 Å². The third-order valence-corrected chi connectivity index (χ3v) is 9.61. The molecule has 0 amide bonds. The third kappa shape index (κ3) is 5.96. The van der Waals surface area contributed by atoms with Gasteiger partial charge in [0.25, 0.3) is 0 Å². The first kappa shape index (κ1) is 36.5. The van der Waals surface area contributed by atoms with Crippen LogP contribution in [0.5, 0.6) is 0 Å². The largest absolute Gasteiger partial charge is 0.416 e. The molecule has 3 nitrogen and oxygen atoms in total. The molecule has 0 fully saturated rings. The van der Waals surface area contributed by atoms with E-state index in [0.717, 1.165) is 36.4 Å². The summed E-state index contributed by atoms with van der Waals surface area (Å²) in [5, 5.41) is 12.2. The molecule has 56 heavy (non-hydrogen) atoms. The van der Waals surface area contributed by atoms with Gasteiger partial charge >= 0.3 is 24.7 Å². The summed E-state index contributed by atoms with van der Waals surface area (Å²) >= 11 is 0. The zero-order valence-electron chi connectivity index (χ0n) is 27.8. The molecule has 0 aliphatic heterocycles. The highest BCUT2D eigenvalue weighted by molar-refractivity contribution is 6.11. The molecule has 0 N–H and O–H groups in total. The average Bonchev–Trinajstić information content (AvgIpc) is 3.64. The lowest BCUT2D eigenvalue weighted by molar-refractivity contribution is -0.143. The van der Waals surface area contributed by atoms with Crippen LogP contribution in [0.2, 0.25) is 0 Å². The zero-order chi connectivity index (χ0) is 40.1. The first-order valence-electron chi connectivity index (χ1n) is 16.4. The van der Waals surface area contributed by atoms with E-state index in [1.54, 1.807) is 24.3 Å². The van der Waals surface area contributed by atoms with Crippen molar-refractivity contribution in [3.63, 3.8) is 0 Å². The van der Waals surface area contributed by atoms with Crippen LogP contribution in [0, 0.1) is 11.3 Å². The van der Waals surface area contributed by atoms with E-state index in [9.17, 15) is 57.9 Å². The molecule has 2 aromatic heterocycles. The van der Waals surface area contributed by atoms with Crippen LogP contribution < -0.4 is 0 Å². The van der Waals surface area contributed by atoms with Crippen LogP contribution in [0.25, 0.3) is 66.1 Å². The molecule has 0 unspecified atom stereocenters. The van der Waals surface area contributed by atoms with Gasteiger partial charge in [-0.05, 0) is 77.9 Å². The molecule has 6 aromatic carbocycles. The van der Waals surface area contributed by atoms with Crippen LogP contribution >= 0.6 is 0 Å². The predicted octanol–water partition coefficient (Wildman–Crippen LogP) is 13.5. The maximum absolute atomic E-state index is 14.1. The number of para-hydroxylation sites is 2. The minimum Gasteiger partial charge on any atom is -0.308 e. The summed E-state index contributed by atoms with van der Waals surface area (Å²) in [6.45, 7) is 0. The Morgan fingerprint density at radius 3 is 1.11 bits per heavy atom. The van der Waals surface area contributed by atoms with Crippen molar-refractivity contribution in [3.05, 3.63) is 143 Å². The van der Waals surface area contributed by atoms with E-state index < -0.39 is 52.5 Å². The third-order valence-electron chi connectivity index (χ3n) is 9.61. The van der Waals surface area contributed by atoms with Gasteiger partial charge in [0, 0.05) is 21.5 Å². The molecule has 0 aliphatic rings. The first-order chi connectivity index (χ1) is 26.3. The number of fused-ring (bicyclic) bond motifs is 6. The number of nitriles is 1. The fourth-order valence-corrected chi connectivity index (χ4v) is 7.18. The summed E-state index contributed by atoms with van der Waals surface area (Å²) in [6, 6.07) is 23.0. The van der Waals surface area contributed by atoms with Crippen LogP contribution in [0.3, 0.4) is 0 Å². The Morgan fingerprint density at radius 2 is 0.732 bits per heavy atom. The van der Waals surface area contributed by atoms with E-state index in [1.807, 2.05) is 6.07 Å². The molecule has 8 aromatic rings. The highest BCUT2D eigenvalue weighted by atomic mass is 19.4. The fraction of sp³-hybridized carbons (Fsp3) is 0.0976. The van der Waals surface area contributed by atoms with Gasteiger partial charge in [-0.1, -0.05) is 48.5 Å². The predicted molar refractivity (Wildman–Crippen MR) is 185 cm³/mol. The van der Waals surface area contributed by atoms with Crippen LogP contribution in [0.1, 0.15) is 27.8 Å². The number of benzene rings is 6. The molecular weight excluding hydrogens is 762 g/mol. The Labute approximate surface area is 306 Å². The molecular formula is C41H19F12N3. The van der Waals surface area contributed by atoms with Crippen molar-refractivity contribution in [3.8, 4) is 28.6 Å². The maximum Gasteiger partial charge on any atom is 0.416 e. The minimum absolute atomic E-state index is 0.0772. The number of rotatable bonds is 3. The van der Waals surface area contributed by atoms with Crippen molar-refractivity contribution >= 4 is 43.6 Å². The molecule has 2 heterocycles. The fourth-order valence-electron chi connectivity index (χ4n) is 7.18. The summed E-state index contributed by atoms with van der Waals surface area (Å²) < 4.78 is 172. The van der Waals surface area contributed by atoms with Crippen molar-refractivity contribution in [2.45, 2.75) is 24.7 Å². The Bertz CT molecular complexity index is 2750. The summed E-state index contributed by atoms with van der Waals surface area (Å²) in [7, 11) is 0. The van der Waals surface area contributed by atoms with E-state index in [-0.39, 0.29) is 61.4 Å². The van der Waals surface area contributed by atoms with Gasteiger partial charge in [0.05, 0.1) is 55.7 Å². The minimum atomic E-state index is -5.27. The van der Waals surface area contributed by atoms with Crippen molar-refractivity contribution < 1.29 is 52.7 Å². The van der Waals surface area contributed by atoms with Crippen LogP contribution in [0.4, 0.5) is 52.7 Å². The van der Waals surface area contributed by atoms with Gasteiger partial charge in [-0.15, -0.1) is 0 Å². The molecule has 0 saturated heterocycles. The molecule has 0 atom stereocenters. The van der Waals surface area contributed by atoms with Crippen molar-refractivity contribution in [1.29, 1.82) is 5.26 Å². The van der Waals surface area contributed by atoms with Crippen molar-refractivity contribution in [2.75, 3.05) is 0 Å². The number of halogens is 12. The summed E-state index contributed by atoms with van der Waals surface area (Å²) in [4.78, 5) is 0. The highest BCUT2D eigenvalue weighted by Crippen LogP contribution is 2.44. The lowest BCUT2D eigenvalue weighted by Gasteiger charge is -2.20. The van der Waals surface area contributed by atoms with Gasteiger partial charge in [-0.25, -0.2) is 0 Å². The molecule has 0 bridgehead atoms. The molecule has 282 valence electrons. The molecule has 8 rings (SSSR count). The first-order valence-corrected chi connectivity index (χ1v) is 16.4. The van der Waals surface area contributed by atoms with Gasteiger partial charge in [0.2, 0.25) is 0 Å². The second-order valence-corrected chi connectivity index (χ2v) is 13.0. The Morgan fingerprint density at radius 1 is 0.375 bits per heavy atom. The van der Waals surface area contributed by atoms with Crippen molar-refractivity contribution in [2.24, 2.45) is 0 Å². The average molecular weight is 782 g/mol. The van der Waals surface area contributed by atoms with E-state index in [1.165, 1.54) is 45.5 Å². The van der Waals surface area contributed by atoms with Gasteiger partial charge in [-0.3, -0.25) is 0 Å². The summed E-state index contributed by atoms with van der Waals surface area (Å²) in [5.74, 6) is 0. The maximum atomic E-state index is 14.1. The molecule has 0 saturated carbocycles. The van der Waals surface area contributed by atoms with E-state index in [2.05, 4.69) is 0 Å². The van der Waals surface area contributed by atoms with Crippen LogP contribution in [0.15, 0.2) is 115 Å². The lowest BCUT2D eigenvalue weighted by atomic mass is 9.96. The van der Waals surface area contributed by atoms with E-state index in [4.69, 9.17) is 0 Å². The SMILES string of the molecule is N#Cc1c(-n2c3ccccc3c3ccc(C(F)(F)F)cc32)cc(-c2cc(C(F)(F)F)cc(C(F)(F)F)c2)cc1-n1c2ccccc2c2ccc(C(F)(F)F)cc21. The molecule has 0 radical (unpaired) electrons. The van der Waals surface area contributed by atoms with Crippen LogP contribution in [-0.4, -0.2) is 9.13 Å². The highest BCUT2D eigenvalue weighted by Gasteiger charge is 2.38. The number of aromatic nitrogens is 2. The number of alkyl halides is 12. The van der Waals surface area contributed by atoms with Gasteiger partial charge in [0.1, 0.15) is 11.6 Å². The Balaban J connectivity index is 1.59. The van der Waals surface area contributed by atoms with Gasteiger partial charge < -0.3 is 9.13 Å². The lowest BCUT2D eigenvalue weighted by Crippen LogP contribution is -2.11. The molecule has 0 spiro atoms. The Hall–Kier alpha value is -6.43. The number of hydrogen-bond donors (Lipinski definition) is 0. The van der Waals surface area contributed by atoms with E-state index >= 15 is 0 Å².